The minimum atomic E-state index is -0.499. The van der Waals surface area contributed by atoms with Crippen LogP contribution in [0.5, 0.6) is 5.75 Å². The number of hydrogen-bond acceptors (Lipinski definition) is 2. The smallest absolute Gasteiger partial charge is 0.410 e. The number of nitrogens with one attached hydrogen (secondary N) is 1. The van der Waals surface area contributed by atoms with E-state index in [4.69, 9.17) is 4.74 Å². The predicted molar refractivity (Wildman–Crippen MR) is 92.7 cm³/mol. The summed E-state index contributed by atoms with van der Waals surface area (Å²) in [4.78, 5) is 11.9. The number of anilines is 1. The van der Waals surface area contributed by atoms with E-state index in [1.54, 1.807) is 12.1 Å². The topological polar surface area (TPSA) is 38.3 Å². The van der Waals surface area contributed by atoms with Crippen LogP contribution in [0.3, 0.4) is 0 Å². The van der Waals surface area contributed by atoms with Crippen LogP contribution in [-0.2, 0) is 0 Å². The molecule has 0 aliphatic heterocycles. The van der Waals surface area contributed by atoms with Crippen LogP contribution in [0.2, 0.25) is 0 Å². The second kappa shape index (κ2) is 6.79. The quantitative estimate of drug-likeness (QED) is 0.715. The Morgan fingerprint density at radius 2 is 1.39 bits per heavy atom. The van der Waals surface area contributed by atoms with Crippen LogP contribution in [0.1, 0.15) is 5.56 Å². The number of aryl methyl sites for hydroxylation is 1. The molecule has 3 aromatic carbocycles. The number of benzene rings is 3. The molecule has 0 aliphatic rings. The molecule has 1 N–H and O–H groups in total. The molecular formula is C20H17NO2. The molecule has 23 heavy (non-hydrogen) atoms. The summed E-state index contributed by atoms with van der Waals surface area (Å²) in [6, 6.07) is 25.1. The van der Waals surface area contributed by atoms with Gasteiger partial charge in [-0.1, -0.05) is 60.2 Å². The van der Waals surface area contributed by atoms with Crippen LogP contribution in [0.4, 0.5) is 10.5 Å². The Morgan fingerprint density at radius 1 is 0.783 bits per heavy atom. The van der Waals surface area contributed by atoms with Crippen LogP contribution < -0.4 is 10.1 Å². The summed E-state index contributed by atoms with van der Waals surface area (Å²) in [6.45, 7) is 2.00. The van der Waals surface area contributed by atoms with Crippen molar-refractivity contribution in [3.63, 3.8) is 0 Å². The number of hydrogen-bond donors (Lipinski definition) is 1. The van der Waals surface area contributed by atoms with E-state index in [1.165, 1.54) is 0 Å². The SMILES string of the molecule is Cc1ccc(NC(=O)Oc2ccc(-c3ccccc3)cc2)cc1. The fourth-order valence-corrected chi connectivity index (χ4v) is 2.23. The van der Waals surface area contributed by atoms with Crippen molar-refractivity contribution in [3.8, 4) is 16.9 Å². The molecular weight excluding hydrogens is 286 g/mol. The van der Waals surface area contributed by atoms with Gasteiger partial charge in [0.05, 0.1) is 0 Å². The Hall–Kier alpha value is -3.07. The monoisotopic (exact) mass is 303 g/mol. The minimum Gasteiger partial charge on any atom is -0.410 e. The van der Waals surface area contributed by atoms with Gasteiger partial charge < -0.3 is 4.74 Å². The number of amides is 1. The van der Waals surface area contributed by atoms with Gasteiger partial charge in [0, 0.05) is 5.69 Å². The maximum absolute atomic E-state index is 11.9. The third kappa shape index (κ3) is 3.98. The molecule has 3 nitrogen and oxygen atoms in total. The second-order valence-corrected chi connectivity index (χ2v) is 5.27. The normalized spacial score (nSPS) is 10.1. The van der Waals surface area contributed by atoms with Gasteiger partial charge in [-0.05, 0) is 42.3 Å². The molecule has 0 saturated heterocycles. The van der Waals surface area contributed by atoms with Gasteiger partial charge in [-0.25, -0.2) is 4.79 Å². The van der Waals surface area contributed by atoms with Gasteiger partial charge in [0.15, 0.2) is 0 Å². The van der Waals surface area contributed by atoms with Crippen LogP contribution in [0.15, 0.2) is 78.9 Å². The van der Waals surface area contributed by atoms with E-state index in [2.05, 4.69) is 5.32 Å². The molecule has 3 heteroatoms. The van der Waals surface area contributed by atoms with Gasteiger partial charge in [0.25, 0.3) is 0 Å². The summed E-state index contributed by atoms with van der Waals surface area (Å²) in [5.74, 6) is 0.509. The first kappa shape index (κ1) is 14.9. The first-order chi connectivity index (χ1) is 11.2. The van der Waals surface area contributed by atoms with E-state index >= 15 is 0 Å². The number of rotatable bonds is 3. The lowest BCUT2D eigenvalue weighted by Gasteiger charge is -2.08. The fourth-order valence-electron chi connectivity index (χ4n) is 2.23. The lowest BCUT2D eigenvalue weighted by Crippen LogP contribution is -2.16. The molecule has 1 amide bonds. The maximum atomic E-state index is 11.9. The average molecular weight is 303 g/mol. The maximum Gasteiger partial charge on any atom is 0.417 e. The van der Waals surface area contributed by atoms with E-state index in [0.29, 0.717) is 11.4 Å². The molecule has 0 aliphatic carbocycles. The van der Waals surface area contributed by atoms with Crippen LogP contribution >= 0.6 is 0 Å². The summed E-state index contributed by atoms with van der Waals surface area (Å²) in [5, 5.41) is 2.70. The van der Waals surface area contributed by atoms with E-state index in [9.17, 15) is 4.79 Å². The van der Waals surface area contributed by atoms with Crippen molar-refractivity contribution >= 4 is 11.8 Å². The van der Waals surface area contributed by atoms with Gasteiger partial charge in [-0.15, -0.1) is 0 Å². The van der Waals surface area contributed by atoms with Gasteiger partial charge in [-0.2, -0.15) is 0 Å². The van der Waals surface area contributed by atoms with Gasteiger partial charge >= 0.3 is 6.09 Å². The number of carbonyl (C=O) groups is 1. The van der Waals surface area contributed by atoms with Crippen LogP contribution in [0, 0.1) is 6.92 Å². The van der Waals surface area contributed by atoms with Crippen LogP contribution in [0.25, 0.3) is 11.1 Å². The Morgan fingerprint density at radius 3 is 2.04 bits per heavy atom. The van der Waals surface area contributed by atoms with E-state index in [1.807, 2.05) is 73.7 Å². The molecule has 114 valence electrons. The summed E-state index contributed by atoms with van der Waals surface area (Å²) in [7, 11) is 0. The molecule has 0 fully saturated rings. The van der Waals surface area contributed by atoms with Crippen molar-refractivity contribution in [2.45, 2.75) is 6.92 Å². The predicted octanol–water partition coefficient (Wildman–Crippen LogP) is 5.27. The molecule has 0 saturated carbocycles. The van der Waals surface area contributed by atoms with Gasteiger partial charge in [-0.3, -0.25) is 5.32 Å². The molecule has 0 radical (unpaired) electrons. The van der Waals surface area contributed by atoms with E-state index in [0.717, 1.165) is 16.7 Å². The van der Waals surface area contributed by atoms with Crippen molar-refractivity contribution in [3.05, 3.63) is 84.4 Å². The van der Waals surface area contributed by atoms with Crippen molar-refractivity contribution in [2.75, 3.05) is 5.32 Å². The van der Waals surface area contributed by atoms with Crippen LogP contribution in [-0.4, -0.2) is 6.09 Å². The van der Waals surface area contributed by atoms with Gasteiger partial charge in [0.2, 0.25) is 0 Å². The Balaban J connectivity index is 1.64. The summed E-state index contributed by atoms with van der Waals surface area (Å²) < 4.78 is 5.29. The fraction of sp³-hybridized carbons (Fsp3) is 0.0500. The highest BCUT2D eigenvalue weighted by Gasteiger charge is 2.05. The largest absolute Gasteiger partial charge is 0.417 e. The molecule has 0 unspecified atom stereocenters. The second-order valence-electron chi connectivity index (χ2n) is 5.27. The van der Waals surface area contributed by atoms with E-state index < -0.39 is 6.09 Å². The molecule has 0 spiro atoms. The first-order valence-corrected chi connectivity index (χ1v) is 7.42. The van der Waals surface area contributed by atoms with Crippen molar-refractivity contribution in [2.24, 2.45) is 0 Å². The van der Waals surface area contributed by atoms with E-state index in [-0.39, 0.29) is 0 Å². The highest BCUT2D eigenvalue weighted by Crippen LogP contribution is 2.22. The zero-order valence-corrected chi connectivity index (χ0v) is 12.8. The lowest BCUT2D eigenvalue weighted by atomic mass is 10.1. The minimum absolute atomic E-state index is 0.499. The Labute approximate surface area is 135 Å². The Bertz CT molecular complexity index is 778. The highest BCUT2D eigenvalue weighted by atomic mass is 16.6. The van der Waals surface area contributed by atoms with Crippen molar-refractivity contribution in [1.82, 2.24) is 0 Å². The first-order valence-electron chi connectivity index (χ1n) is 7.42. The molecule has 0 bridgehead atoms. The third-order valence-electron chi connectivity index (χ3n) is 3.47. The highest BCUT2D eigenvalue weighted by molar-refractivity contribution is 5.86. The van der Waals surface area contributed by atoms with Crippen molar-refractivity contribution in [1.29, 1.82) is 0 Å². The summed E-state index contributed by atoms with van der Waals surface area (Å²) in [5.41, 5.74) is 4.06. The van der Waals surface area contributed by atoms with Gasteiger partial charge in [0.1, 0.15) is 5.75 Å². The molecule has 0 aromatic heterocycles. The molecule has 0 atom stereocenters. The van der Waals surface area contributed by atoms with Crippen molar-refractivity contribution < 1.29 is 9.53 Å². The zero-order valence-electron chi connectivity index (χ0n) is 12.8. The average Bonchev–Trinajstić information content (AvgIpc) is 2.58. The third-order valence-corrected chi connectivity index (χ3v) is 3.47. The number of ether oxygens (including phenoxy) is 1. The Kier molecular flexibility index (Phi) is 4.39. The summed E-state index contributed by atoms with van der Waals surface area (Å²) >= 11 is 0. The summed E-state index contributed by atoms with van der Waals surface area (Å²) in [6.07, 6.45) is -0.499. The lowest BCUT2D eigenvalue weighted by molar-refractivity contribution is 0.215. The number of carbonyl (C=O) groups excluding carboxylic acids is 1. The molecule has 3 aromatic rings. The molecule has 3 rings (SSSR count). The standard InChI is InChI=1S/C20H17NO2/c1-15-7-11-18(12-8-15)21-20(22)23-19-13-9-17(10-14-19)16-5-3-2-4-6-16/h2-14H,1H3,(H,21,22). The molecule has 0 heterocycles. The zero-order chi connectivity index (χ0) is 16.1.